The Kier molecular flexibility index (Phi) is 11.0. The van der Waals surface area contributed by atoms with Crippen LogP contribution in [0.15, 0.2) is 18.2 Å². The van der Waals surface area contributed by atoms with Gasteiger partial charge in [0.1, 0.15) is 17.2 Å². The number of methoxy groups -OCH3 is 2. The predicted octanol–water partition coefficient (Wildman–Crippen LogP) is 1.87. The number of rotatable bonds is 10. The Morgan fingerprint density at radius 1 is 1.13 bits per heavy atom. The molecule has 0 aromatic heterocycles. The molecule has 6 nitrogen and oxygen atoms in total. The van der Waals surface area contributed by atoms with Crippen LogP contribution in [0, 0.1) is 5.92 Å². The molecule has 0 spiro atoms. The highest BCUT2D eigenvalue weighted by Crippen LogP contribution is 2.27. The standard InChI is InChI=1S/C16H26N2O4.ClH/c1-12(11-17-2)16(19)18-6-5-7-22-15-9-13(20-3)8-14(10-15)21-4;/h8-10,12,17H,5-7,11H2,1-4H3,(H,18,19);1H. The molecular weight excluding hydrogens is 320 g/mol. The molecule has 0 aliphatic rings. The lowest BCUT2D eigenvalue weighted by Gasteiger charge is -2.12. The monoisotopic (exact) mass is 346 g/mol. The molecule has 1 rings (SSSR count). The van der Waals surface area contributed by atoms with Crippen LogP contribution in [0.2, 0.25) is 0 Å². The van der Waals surface area contributed by atoms with Crippen LogP contribution >= 0.6 is 12.4 Å². The largest absolute Gasteiger partial charge is 0.496 e. The van der Waals surface area contributed by atoms with Crippen LogP contribution in [0.4, 0.5) is 0 Å². The van der Waals surface area contributed by atoms with Gasteiger partial charge >= 0.3 is 0 Å². The fraction of sp³-hybridized carbons (Fsp3) is 0.562. The Morgan fingerprint density at radius 2 is 1.70 bits per heavy atom. The quantitative estimate of drug-likeness (QED) is 0.633. The Balaban J connectivity index is 0.00000484. The highest BCUT2D eigenvalue weighted by molar-refractivity contribution is 5.85. The molecule has 0 radical (unpaired) electrons. The minimum Gasteiger partial charge on any atom is -0.496 e. The van der Waals surface area contributed by atoms with E-state index in [4.69, 9.17) is 14.2 Å². The molecule has 0 saturated carbocycles. The van der Waals surface area contributed by atoms with Gasteiger partial charge in [0, 0.05) is 37.2 Å². The number of benzene rings is 1. The van der Waals surface area contributed by atoms with Crippen LogP contribution in [0.3, 0.4) is 0 Å². The van der Waals surface area contributed by atoms with E-state index in [0.717, 1.165) is 6.42 Å². The maximum absolute atomic E-state index is 11.7. The van der Waals surface area contributed by atoms with Crippen molar-refractivity contribution < 1.29 is 19.0 Å². The molecule has 0 saturated heterocycles. The summed E-state index contributed by atoms with van der Waals surface area (Å²) in [7, 11) is 5.03. The Hall–Kier alpha value is -1.66. The number of carbonyl (C=O) groups excluding carboxylic acids is 1. The second kappa shape index (κ2) is 11.8. The topological polar surface area (TPSA) is 68.8 Å². The molecular formula is C16H27ClN2O4. The van der Waals surface area contributed by atoms with Gasteiger partial charge in [0.05, 0.1) is 20.8 Å². The summed E-state index contributed by atoms with van der Waals surface area (Å²) in [5.74, 6) is 2.07. The number of amides is 1. The third kappa shape index (κ3) is 7.95. The minimum atomic E-state index is -0.0337. The van der Waals surface area contributed by atoms with Crippen molar-refractivity contribution >= 4 is 18.3 Å². The van der Waals surface area contributed by atoms with Crippen molar-refractivity contribution in [2.24, 2.45) is 5.92 Å². The Morgan fingerprint density at radius 3 is 2.22 bits per heavy atom. The Bertz CT molecular complexity index is 449. The third-order valence-electron chi connectivity index (χ3n) is 3.17. The molecule has 1 aromatic carbocycles. The molecule has 132 valence electrons. The van der Waals surface area contributed by atoms with Crippen molar-refractivity contribution in [3.8, 4) is 17.2 Å². The van der Waals surface area contributed by atoms with Crippen molar-refractivity contribution in [1.82, 2.24) is 10.6 Å². The smallest absolute Gasteiger partial charge is 0.224 e. The lowest BCUT2D eigenvalue weighted by Crippen LogP contribution is -2.35. The highest BCUT2D eigenvalue weighted by Gasteiger charge is 2.10. The van der Waals surface area contributed by atoms with Crippen molar-refractivity contribution in [2.45, 2.75) is 13.3 Å². The van der Waals surface area contributed by atoms with Gasteiger partial charge in [0.25, 0.3) is 0 Å². The van der Waals surface area contributed by atoms with E-state index in [1.165, 1.54) is 0 Å². The molecule has 2 N–H and O–H groups in total. The molecule has 0 aliphatic carbocycles. The number of halogens is 1. The van der Waals surface area contributed by atoms with E-state index in [1.807, 2.05) is 14.0 Å². The average Bonchev–Trinajstić information content (AvgIpc) is 2.54. The van der Waals surface area contributed by atoms with E-state index in [-0.39, 0.29) is 24.2 Å². The van der Waals surface area contributed by atoms with Crippen LogP contribution in [0.1, 0.15) is 13.3 Å². The zero-order chi connectivity index (χ0) is 16.4. The van der Waals surface area contributed by atoms with Crippen molar-refractivity contribution in [3.05, 3.63) is 18.2 Å². The van der Waals surface area contributed by atoms with E-state index in [1.54, 1.807) is 32.4 Å². The number of ether oxygens (including phenoxy) is 3. The Labute approximate surface area is 144 Å². The number of hydrogen-bond donors (Lipinski definition) is 2. The second-order valence-electron chi connectivity index (χ2n) is 5.00. The fourth-order valence-corrected chi connectivity index (χ4v) is 1.91. The van der Waals surface area contributed by atoms with Crippen LogP contribution in [0.25, 0.3) is 0 Å². The van der Waals surface area contributed by atoms with Gasteiger partial charge in [-0.2, -0.15) is 0 Å². The van der Waals surface area contributed by atoms with Gasteiger partial charge < -0.3 is 24.8 Å². The van der Waals surface area contributed by atoms with Gasteiger partial charge in [0.15, 0.2) is 0 Å². The lowest BCUT2D eigenvalue weighted by molar-refractivity contribution is -0.124. The molecule has 1 atom stereocenters. The molecule has 1 amide bonds. The van der Waals surface area contributed by atoms with E-state index in [9.17, 15) is 4.79 Å². The maximum Gasteiger partial charge on any atom is 0.224 e. The minimum absolute atomic E-state index is 0. The van der Waals surface area contributed by atoms with Gasteiger partial charge in [-0.25, -0.2) is 0 Å². The summed E-state index contributed by atoms with van der Waals surface area (Å²) in [6.45, 7) is 3.67. The van der Waals surface area contributed by atoms with E-state index < -0.39 is 0 Å². The summed E-state index contributed by atoms with van der Waals surface area (Å²) in [6.07, 6.45) is 0.734. The van der Waals surface area contributed by atoms with Crippen molar-refractivity contribution in [2.75, 3.05) is 41.0 Å². The summed E-state index contributed by atoms with van der Waals surface area (Å²) in [4.78, 5) is 11.7. The molecule has 7 heteroatoms. The van der Waals surface area contributed by atoms with Crippen molar-refractivity contribution in [3.63, 3.8) is 0 Å². The van der Waals surface area contributed by atoms with E-state index >= 15 is 0 Å². The van der Waals surface area contributed by atoms with Crippen LogP contribution in [-0.2, 0) is 4.79 Å². The normalized spacial score (nSPS) is 11.1. The summed E-state index contributed by atoms with van der Waals surface area (Å²) in [6, 6.07) is 5.39. The molecule has 23 heavy (non-hydrogen) atoms. The van der Waals surface area contributed by atoms with Crippen LogP contribution in [-0.4, -0.2) is 46.9 Å². The molecule has 0 fully saturated rings. The molecule has 0 aliphatic heterocycles. The summed E-state index contributed by atoms with van der Waals surface area (Å²) < 4.78 is 16.0. The number of nitrogens with one attached hydrogen (secondary N) is 2. The second-order valence-corrected chi connectivity index (χ2v) is 5.00. The van der Waals surface area contributed by atoms with Crippen molar-refractivity contribution in [1.29, 1.82) is 0 Å². The SMILES string of the molecule is CNCC(C)C(=O)NCCCOc1cc(OC)cc(OC)c1.Cl. The first kappa shape index (κ1) is 21.3. The first-order chi connectivity index (χ1) is 10.6. The first-order valence-corrected chi connectivity index (χ1v) is 7.39. The zero-order valence-electron chi connectivity index (χ0n) is 14.2. The van der Waals surface area contributed by atoms with Gasteiger partial charge in [-0.05, 0) is 13.5 Å². The van der Waals surface area contributed by atoms with Crippen LogP contribution in [0.5, 0.6) is 17.2 Å². The van der Waals surface area contributed by atoms with E-state index in [0.29, 0.717) is 36.9 Å². The predicted molar refractivity (Wildman–Crippen MR) is 93.0 cm³/mol. The maximum atomic E-state index is 11.7. The van der Waals surface area contributed by atoms with E-state index in [2.05, 4.69) is 10.6 Å². The summed E-state index contributed by atoms with van der Waals surface area (Å²) in [5, 5.41) is 5.87. The molecule has 1 unspecified atom stereocenters. The average molecular weight is 347 g/mol. The number of hydrogen-bond acceptors (Lipinski definition) is 5. The first-order valence-electron chi connectivity index (χ1n) is 7.39. The third-order valence-corrected chi connectivity index (χ3v) is 3.17. The van der Waals surface area contributed by atoms with Gasteiger partial charge in [-0.1, -0.05) is 6.92 Å². The fourth-order valence-electron chi connectivity index (χ4n) is 1.91. The zero-order valence-corrected chi connectivity index (χ0v) is 15.0. The highest BCUT2D eigenvalue weighted by atomic mass is 35.5. The van der Waals surface area contributed by atoms with Gasteiger partial charge in [-0.15, -0.1) is 12.4 Å². The summed E-state index contributed by atoms with van der Waals surface area (Å²) >= 11 is 0. The van der Waals surface area contributed by atoms with Gasteiger partial charge in [0.2, 0.25) is 5.91 Å². The molecule has 0 heterocycles. The summed E-state index contributed by atoms with van der Waals surface area (Å²) in [5.41, 5.74) is 0. The lowest BCUT2D eigenvalue weighted by atomic mass is 10.1. The number of carbonyl (C=O) groups is 1. The molecule has 1 aromatic rings. The van der Waals surface area contributed by atoms with Crippen LogP contribution < -0.4 is 24.8 Å². The molecule has 0 bridgehead atoms. The van der Waals surface area contributed by atoms with Gasteiger partial charge in [-0.3, -0.25) is 4.79 Å².